The molecule has 0 aliphatic carbocycles. The van der Waals surface area contributed by atoms with E-state index in [9.17, 15) is 17.6 Å². The Hall–Kier alpha value is -4.32. The zero-order valence-corrected chi connectivity index (χ0v) is 26.1. The van der Waals surface area contributed by atoms with E-state index in [1.807, 2.05) is 24.3 Å². The summed E-state index contributed by atoms with van der Waals surface area (Å²) in [7, 11) is 0. The zero-order chi connectivity index (χ0) is 31.3. The number of aromatic nitrogens is 2. The SMILES string of the molecule is CC(F)(F)Oc1ccc(-c2ccc(-c3c4ccccc4c(-c4ccc(-c5ccc(OC(C)(F)F)cc5)s4)c4nsnc34)s2)cc1. The summed E-state index contributed by atoms with van der Waals surface area (Å²) in [5.41, 5.74) is 5.35. The van der Waals surface area contributed by atoms with E-state index in [0.717, 1.165) is 75.3 Å². The maximum Gasteiger partial charge on any atom is 0.394 e. The van der Waals surface area contributed by atoms with Gasteiger partial charge in [0.2, 0.25) is 0 Å². The summed E-state index contributed by atoms with van der Waals surface area (Å²) in [6.45, 7) is 1.42. The van der Waals surface area contributed by atoms with Crippen molar-refractivity contribution in [2.75, 3.05) is 0 Å². The summed E-state index contributed by atoms with van der Waals surface area (Å²) in [5, 5.41) is 2.07. The first-order valence-electron chi connectivity index (χ1n) is 13.7. The number of benzene rings is 4. The molecular formula is C34H22F4N2O2S3. The standard InChI is InChI=1S/C34H22F4N2O2S3/c1-33(35,36)41-21-11-7-19(8-12-21)25-15-17-27(43-25)29-23-5-3-4-6-24(23)30(32-31(29)39-45-40-32)28-18-16-26(44-28)20-9-13-22(14-10-20)42-34(2,37)38/h3-18H,1-2H3. The van der Waals surface area contributed by atoms with Gasteiger partial charge in [-0.1, -0.05) is 24.3 Å². The van der Waals surface area contributed by atoms with Crippen molar-refractivity contribution >= 4 is 56.2 Å². The zero-order valence-electron chi connectivity index (χ0n) is 23.7. The molecule has 0 atom stereocenters. The predicted octanol–water partition coefficient (Wildman–Crippen LogP) is 11.6. The van der Waals surface area contributed by atoms with Crippen molar-refractivity contribution in [1.82, 2.24) is 8.75 Å². The van der Waals surface area contributed by atoms with E-state index in [-0.39, 0.29) is 11.5 Å². The van der Waals surface area contributed by atoms with Gasteiger partial charge in [0.05, 0.1) is 11.7 Å². The lowest BCUT2D eigenvalue weighted by atomic mass is 9.95. The first-order chi connectivity index (χ1) is 21.5. The molecule has 0 aliphatic heterocycles. The van der Waals surface area contributed by atoms with Gasteiger partial charge in [-0.15, -0.1) is 22.7 Å². The van der Waals surface area contributed by atoms with Crippen LogP contribution in [0.5, 0.6) is 11.5 Å². The van der Waals surface area contributed by atoms with Crippen molar-refractivity contribution in [3.63, 3.8) is 0 Å². The number of ether oxygens (including phenoxy) is 2. The molecule has 11 heteroatoms. The second-order valence-electron chi connectivity index (χ2n) is 10.5. The Bertz CT molecular complexity index is 1990. The Balaban J connectivity index is 1.27. The average molecular weight is 663 g/mol. The monoisotopic (exact) mass is 662 g/mol. The highest BCUT2D eigenvalue weighted by Crippen LogP contribution is 2.48. The van der Waals surface area contributed by atoms with Crippen LogP contribution in [0.25, 0.3) is 63.6 Å². The number of hydrogen-bond acceptors (Lipinski definition) is 7. The van der Waals surface area contributed by atoms with Gasteiger partial charge in [-0.05, 0) is 94.7 Å². The molecule has 0 aliphatic rings. The minimum absolute atomic E-state index is 0.101. The van der Waals surface area contributed by atoms with Crippen LogP contribution in [-0.2, 0) is 0 Å². The molecular weight excluding hydrogens is 641 g/mol. The minimum Gasteiger partial charge on any atom is -0.433 e. The smallest absolute Gasteiger partial charge is 0.394 e. The number of thiophene rings is 2. The fourth-order valence-electron chi connectivity index (χ4n) is 5.23. The van der Waals surface area contributed by atoms with Crippen molar-refractivity contribution < 1.29 is 27.0 Å². The van der Waals surface area contributed by atoms with Crippen LogP contribution in [0.4, 0.5) is 17.6 Å². The molecule has 0 fully saturated rings. The molecule has 3 aromatic heterocycles. The number of alkyl halides is 4. The van der Waals surface area contributed by atoms with Gasteiger partial charge in [0.25, 0.3) is 0 Å². The highest BCUT2D eigenvalue weighted by molar-refractivity contribution is 7.19. The van der Waals surface area contributed by atoms with Gasteiger partial charge in [0, 0.05) is 44.5 Å². The van der Waals surface area contributed by atoms with Crippen LogP contribution >= 0.6 is 34.4 Å². The molecule has 7 aromatic rings. The summed E-state index contributed by atoms with van der Waals surface area (Å²) >= 11 is 4.34. The summed E-state index contributed by atoms with van der Waals surface area (Å²) in [5.74, 6) is 0.201. The van der Waals surface area contributed by atoms with Crippen molar-refractivity contribution in [3.8, 4) is 53.3 Å². The first kappa shape index (κ1) is 29.4. The van der Waals surface area contributed by atoms with Crippen LogP contribution in [0.3, 0.4) is 0 Å². The van der Waals surface area contributed by atoms with Crippen molar-refractivity contribution in [1.29, 1.82) is 0 Å². The summed E-state index contributed by atoms with van der Waals surface area (Å²) in [6.07, 6.45) is -6.50. The third-order valence-electron chi connectivity index (χ3n) is 7.00. The normalized spacial score (nSPS) is 12.2. The van der Waals surface area contributed by atoms with E-state index >= 15 is 0 Å². The first-order valence-corrected chi connectivity index (χ1v) is 16.1. The fourth-order valence-corrected chi connectivity index (χ4v) is 7.94. The molecule has 0 radical (unpaired) electrons. The summed E-state index contributed by atoms with van der Waals surface area (Å²) in [4.78, 5) is 3.98. The van der Waals surface area contributed by atoms with E-state index in [2.05, 4.69) is 33.7 Å². The lowest BCUT2D eigenvalue weighted by molar-refractivity contribution is -0.159. The molecule has 0 amide bonds. The highest BCUT2D eigenvalue weighted by Gasteiger charge is 2.25. The van der Waals surface area contributed by atoms with Gasteiger partial charge in [-0.2, -0.15) is 26.3 Å². The molecule has 226 valence electrons. The maximum atomic E-state index is 13.3. The molecule has 0 saturated heterocycles. The molecule has 0 spiro atoms. The Morgan fingerprint density at radius 3 is 1.27 bits per heavy atom. The third-order valence-corrected chi connectivity index (χ3v) is 9.84. The van der Waals surface area contributed by atoms with Gasteiger partial charge in [0.1, 0.15) is 22.5 Å². The van der Waals surface area contributed by atoms with Crippen LogP contribution in [0.2, 0.25) is 0 Å². The van der Waals surface area contributed by atoms with E-state index in [1.165, 1.54) is 0 Å². The van der Waals surface area contributed by atoms with Crippen LogP contribution in [0, 0.1) is 0 Å². The number of halogens is 4. The van der Waals surface area contributed by atoms with Crippen molar-refractivity contribution in [2.24, 2.45) is 0 Å². The van der Waals surface area contributed by atoms with Crippen molar-refractivity contribution in [2.45, 2.75) is 26.1 Å². The van der Waals surface area contributed by atoms with E-state index in [4.69, 9.17) is 8.75 Å². The lowest BCUT2D eigenvalue weighted by Crippen LogP contribution is -2.18. The second kappa shape index (κ2) is 11.2. The quantitative estimate of drug-likeness (QED) is 0.152. The van der Waals surface area contributed by atoms with Gasteiger partial charge in [-0.25, -0.2) is 0 Å². The molecule has 3 heterocycles. The number of nitrogens with zero attached hydrogens (tertiary/aromatic N) is 2. The van der Waals surface area contributed by atoms with Crippen LogP contribution in [0.1, 0.15) is 13.8 Å². The number of fused-ring (bicyclic) bond motifs is 2. The largest absolute Gasteiger partial charge is 0.433 e. The predicted molar refractivity (Wildman–Crippen MR) is 175 cm³/mol. The second-order valence-corrected chi connectivity index (χ2v) is 13.1. The summed E-state index contributed by atoms with van der Waals surface area (Å²) < 4.78 is 71.9. The van der Waals surface area contributed by atoms with E-state index in [1.54, 1.807) is 71.2 Å². The average Bonchev–Trinajstić information content (AvgIpc) is 3.77. The molecule has 0 N–H and O–H groups in total. The highest BCUT2D eigenvalue weighted by atomic mass is 32.1. The molecule has 4 nitrogen and oxygen atoms in total. The van der Waals surface area contributed by atoms with Crippen molar-refractivity contribution in [3.05, 3.63) is 97.1 Å². The van der Waals surface area contributed by atoms with E-state index < -0.39 is 12.2 Å². The fraction of sp³-hybridized carbons (Fsp3) is 0.118. The van der Waals surface area contributed by atoms with Gasteiger partial charge in [-0.3, -0.25) is 0 Å². The topological polar surface area (TPSA) is 44.2 Å². The Morgan fingerprint density at radius 2 is 0.889 bits per heavy atom. The van der Waals surface area contributed by atoms with E-state index in [0.29, 0.717) is 13.8 Å². The molecule has 0 bridgehead atoms. The van der Waals surface area contributed by atoms with Crippen LogP contribution in [-0.4, -0.2) is 21.0 Å². The molecule has 4 aromatic carbocycles. The molecule has 45 heavy (non-hydrogen) atoms. The van der Waals surface area contributed by atoms with Crippen LogP contribution in [0.15, 0.2) is 97.1 Å². The molecule has 0 saturated carbocycles. The minimum atomic E-state index is -3.25. The summed E-state index contributed by atoms with van der Waals surface area (Å²) in [6, 6.07) is 29.5. The number of rotatable bonds is 8. The Kier molecular flexibility index (Phi) is 7.34. The maximum absolute atomic E-state index is 13.3. The Morgan fingerprint density at radius 1 is 0.511 bits per heavy atom. The molecule has 0 unspecified atom stereocenters. The Labute approximate surface area is 267 Å². The lowest BCUT2D eigenvalue weighted by Gasteiger charge is -2.13. The third kappa shape index (κ3) is 6.03. The van der Waals surface area contributed by atoms with Gasteiger partial charge >= 0.3 is 12.2 Å². The van der Waals surface area contributed by atoms with Gasteiger partial charge < -0.3 is 9.47 Å². The molecule has 7 rings (SSSR count). The van der Waals surface area contributed by atoms with Crippen LogP contribution < -0.4 is 9.47 Å². The number of hydrogen-bond donors (Lipinski definition) is 0. The van der Waals surface area contributed by atoms with Gasteiger partial charge in [0.15, 0.2) is 0 Å².